The van der Waals surface area contributed by atoms with Gasteiger partial charge in [-0.3, -0.25) is 4.40 Å². The number of aliphatic hydroxyl groups excluding tert-OH is 1. The van der Waals surface area contributed by atoms with E-state index in [1.54, 1.807) is 11.8 Å². The maximum atomic E-state index is 9.78. The quantitative estimate of drug-likeness (QED) is 0.861. The average molecular weight is 235 g/mol. The summed E-state index contributed by atoms with van der Waals surface area (Å²) in [6, 6.07) is 5.84. The molecule has 0 amide bonds. The minimum Gasteiger partial charge on any atom is -0.392 e. The second-order valence-electron chi connectivity index (χ2n) is 4.07. The first-order valence-corrected chi connectivity index (χ1v) is 6.37. The predicted octanol–water partition coefficient (Wildman–Crippen LogP) is 1.73. The summed E-state index contributed by atoms with van der Waals surface area (Å²) in [5.74, 6) is 0. The van der Waals surface area contributed by atoms with E-state index in [1.165, 1.54) is 0 Å². The molecule has 4 nitrogen and oxygen atoms in total. The van der Waals surface area contributed by atoms with Gasteiger partial charge in [-0.15, -0.1) is 10.2 Å². The van der Waals surface area contributed by atoms with E-state index >= 15 is 0 Å². The predicted molar refractivity (Wildman–Crippen MR) is 62.5 cm³/mol. The van der Waals surface area contributed by atoms with E-state index in [0.717, 1.165) is 30.1 Å². The number of thioether (sulfide) groups is 1. The molecule has 0 saturated heterocycles. The molecule has 0 spiro atoms. The number of aromatic nitrogens is 3. The summed E-state index contributed by atoms with van der Waals surface area (Å²) in [6.07, 6.45) is 4.84. The normalized spacial score (nSPS) is 25.3. The van der Waals surface area contributed by atoms with E-state index in [1.807, 2.05) is 28.8 Å². The van der Waals surface area contributed by atoms with E-state index in [4.69, 9.17) is 0 Å². The van der Waals surface area contributed by atoms with Crippen LogP contribution in [0.5, 0.6) is 0 Å². The Bertz CT molecular complexity index is 499. The summed E-state index contributed by atoms with van der Waals surface area (Å²) >= 11 is 1.63. The highest BCUT2D eigenvalue weighted by molar-refractivity contribution is 7.99. The molecular formula is C11H13N3OS. The molecule has 2 aromatic heterocycles. The van der Waals surface area contributed by atoms with E-state index < -0.39 is 0 Å². The minimum absolute atomic E-state index is 0.193. The maximum absolute atomic E-state index is 9.78. The zero-order chi connectivity index (χ0) is 11.0. The number of hydrogen-bond acceptors (Lipinski definition) is 4. The van der Waals surface area contributed by atoms with Crippen LogP contribution >= 0.6 is 11.8 Å². The molecule has 1 N–H and O–H groups in total. The topological polar surface area (TPSA) is 50.4 Å². The fourth-order valence-electron chi connectivity index (χ4n) is 2.08. The van der Waals surface area contributed by atoms with Gasteiger partial charge in [0.05, 0.1) is 6.10 Å². The van der Waals surface area contributed by atoms with Crippen LogP contribution in [0.15, 0.2) is 29.6 Å². The second kappa shape index (κ2) is 4.07. The molecule has 2 atom stereocenters. The van der Waals surface area contributed by atoms with Crippen molar-refractivity contribution in [3.63, 3.8) is 0 Å². The van der Waals surface area contributed by atoms with Crippen LogP contribution in [0.1, 0.15) is 19.3 Å². The highest BCUT2D eigenvalue weighted by atomic mass is 32.2. The van der Waals surface area contributed by atoms with Gasteiger partial charge < -0.3 is 5.11 Å². The van der Waals surface area contributed by atoms with Gasteiger partial charge in [0.25, 0.3) is 0 Å². The van der Waals surface area contributed by atoms with Crippen molar-refractivity contribution in [3.8, 4) is 0 Å². The molecule has 2 aromatic rings. The number of rotatable bonds is 2. The number of pyridine rings is 1. The standard InChI is InChI=1S/C11H13N3OS/c15-8-4-3-5-9(8)16-11-13-12-10-6-1-2-7-14(10)11/h1-2,6-9,15H,3-5H2/t8-,9-/m1/s1. The van der Waals surface area contributed by atoms with Crippen molar-refractivity contribution in [2.75, 3.05) is 0 Å². The molecule has 1 fully saturated rings. The molecule has 16 heavy (non-hydrogen) atoms. The lowest BCUT2D eigenvalue weighted by Crippen LogP contribution is -2.15. The fraction of sp³-hybridized carbons (Fsp3) is 0.455. The smallest absolute Gasteiger partial charge is 0.195 e. The Morgan fingerprint density at radius 2 is 2.25 bits per heavy atom. The molecule has 3 rings (SSSR count). The third-order valence-electron chi connectivity index (χ3n) is 2.96. The Hall–Kier alpha value is -1.07. The molecule has 84 valence electrons. The first-order chi connectivity index (χ1) is 7.84. The number of hydrogen-bond donors (Lipinski definition) is 1. The van der Waals surface area contributed by atoms with E-state index in [9.17, 15) is 5.11 Å². The lowest BCUT2D eigenvalue weighted by Gasteiger charge is -2.11. The van der Waals surface area contributed by atoms with Gasteiger partial charge in [-0.1, -0.05) is 17.8 Å². The first kappa shape index (κ1) is 10.1. The Labute approximate surface area is 97.7 Å². The number of fused-ring (bicyclic) bond motifs is 1. The highest BCUT2D eigenvalue weighted by Crippen LogP contribution is 2.34. The van der Waals surface area contributed by atoms with Gasteiger partial charge in [0, 0.05) is 11.4 Å². The van der Waals surface area contributed by atoms with Crippen molar-refractivity contribution in [1.29, 1.82) is 0 Å². The van der Waals surface area contributed by atoms with Gasteiger partial charge in [-0.25, -0.2) is 0 Å². The monoisotopic (exact) mass is 235 g/mol. The lowest BCUT2D eigenvalue weighted by molar-refractivity contribution is 0.188. The highest BCUT2D eigenvalue weighted by Gasteiger charge is 2.27. The van der Waals surface area contributed by atoms with Crippen LogP contribution in [0.2, 0.25) is 0 Å². The van der Waals surface area contributed by atoms with Crippen LogP contribution in [0.25, 0.3) is 5.65 Å². The van der Waals surface area contributed by atoms with Crippen LogP contribution in [0.3, 0.4) is 0 Å². The van der Waals surface area contributed by atoms with Crippen LogP contribution in [-0.2, 0) is 0 Å². The van der Waals surface area contributed by atoms with Gasteiger partial charge in [-0.05, 0) is 31.4 Å². The molecule has 0 radical (unpaired) electrons. The molecular weight excluding hydrogens is 222 g/mol. The van der Waals surface area contributed by atoms with E-state index in [0.29, 0.717) is 0 Å². The molecule has 2 heterocycles. The number of aliphatic hydroxyl groups is 1. The largest absolute Gasteiger partial charge is 0.392 e. The van der Waals surface area contributed by atoms with Crippen LogP contribution in [0.4, 0.5) is 0 Å². The zero-order valence-corrected chi connectivity index (χ0v) is 9.60. The molecule has 1 saturated carbocycles. The van der Waals surface area contributed by atoms with Gasteiger partial charge in [0.2, 0.25) is 0 Å². The Balaban J connectivity index is 1.89. The number of nitrogens with zero attached hydrogens (tertiary/aromatic N) is 3. The summed E-state index contributed by atoms with van der Waals surface area (Å²) < 4.78 is 1.97. The SMILES string of the molecule is O[C@@H]1CCC[C@H]1Sc1nnc2ccccn12. The van der Waals surface area contributed by atoms with Gasteiger partial charge in [0.15, 0.2) is 10.8 Å². The molecule has 1 aliphatic carbocycles. The first-order valence-electron chi connectivity index (χ1n) is 5.49. The van der Waals surface area contributed by atoms with Crippen molar-refractivity contribution < 1.29 is 5.11 Å². The second-order valence-corrected chi connectivity index (χ2v) is 5.27. The van der Waals surface area contributed by atoms with Crippen LogP contribution in [0, 0.1) is 0 Å². The van der Waals surface area contributed by atoms with Crippen molar-refractivity contribution in [2.45, 2.75) is 35.8 Å². The van der Waals surface area contributed by atoms with Crippen molar-refractivity contribution in [1.82, 2.24) is 14.6 Å². The molecule has 5 heteroatoms. The van der Waals surface area contributed by atoms with Crippen LogP contribution < -0.4 is 0 Å². The average Bonchev–Trinajstić information content (AvgIpc) is 2.88. The Morgan fingerprint density at radius 3 is 3.06 bits per heavy atom. The third kappa shape index (κ3) is 1.70. The summed E-state index contributed by atoms with van der Waals surface area (Å²) in [4.78, 5) is 0. The summed E-state index contributed by atoms with van der Waals surface area (Å²) in [7, 11) is 0. The lowest BCUT2D eigenvalue weighted by atomic mass is 10.3. The van der Waals surface area contributed by atoms with Gasteiger partial charge >= 0.3 is 0 Å². The van der Waals surface area contributed by atoms with Crippen molar-refractivity contribution >= 4 is 17.4 Å². The zero-order valence-electron chi connectivity index (χ0n) is 8.78. The summed E-state index contributed by atoms with van der Waals surface area (Å²) in [5.41, 5.74) is 0.859. The van der Waals surface area contributed by atoms with Crippen molar-refractivity contribution in [3.05, 3.63) is 24.4 Å². The maximum Gasteiger partial charge on any atom is 0.195 e. The van der Waals surface area contributed by atoms with E-state index in [2.05, 4.69) is 10.2 Å². The molecule has 0 bridgehead atoms. The van der Waals surface area contributed by atoms with Crippen LogP contribution in [-0.4, -0.2) is 31.1 Å². The molecule has 0 aliphatic heterocycles. The third-order valence-corrected chi connectivity index (χ3v) is 4.30. The fourth-order valence-corrected chi connectivity index (χ4v) is 3.28. The van der Waals surface area contributed by atoms with Gasteiger partial charge in [0.1, 0.15) is 0 Å². The Kier molecular flexibility index (Phi) is 2.57. The summed E-state index contributed by atoms with van der Waals surface area (Å²) in [5, 5.41) is 19.2. The summed E-state index contributed by atoms with van der Waals surface area (Å²) in [6.45, 7) is 0. The Morgan fingerprint density at radius 1 is 1.31 bits per heavy atom. The van der Waals surface area contributed by atoms with Gasteiger partial charge in [-0.2, -0.15) is 0 Å². The molecule has 0 unspecified atom stereocenters. The van der Waals surface area contributed by atoms with E-state index in [-0.39, 0.29) is 11.4 Å². The van der Waals surface area contributed by atoms with Crippen molar-refractivity contribution in [2.24, 2.45) is 0 Å². The minimum atomic E-state index is -0.193. The molecule has 1 aliphatic rings. The molecule has 0 aromatic carbocycles.